The molecule has 0 saturated heterocycles. The summed E-state index contributed by atoms with van der Waals surface area (Å²) in [6, 6.07) is 9.61. The van der Waals surface area contributed by atoms with Crippen LogP contribution in [0.15, 0.2) is 36.4 Å². The number of nitrogens with zero attached hydrogens (tertiary/aromatic N) is 2. The zero-order valence-corrected chi connectivity index (χ0v) is 13.2. The molecule has 1 heterocycles. The zero-order chi connectivity index (χ0) is 15.9. The number of carbonyl (C=O) groups is 1. The first-order chi connectivity index (χ1) is 10.6. The molecule has 2 aromatic rings. The van der Waals surface area contributed by atoms with Crippen LogP contribution in [0.4, 0.5) is 0 Å². The van der Waals surface area contributed by atoms with Gasteiger partial charge in [0.1, 0.15) is 5.15 Å². The molecule has 0 spiro atoms. The number of benzene rings is 1. The lowest BCUT2D eigenvalue weighted by Gasteiger charge is -1.95. The van der Waals surface area contributed by atoms with E-state index in [1.54, 1.807) is 17.8 Å². The summed E-state index contributed by atoms with van der Waals surface area (Å²) in [5.41, 5.74) is 2.44. The van der Waals surface area contributed by atoms with E-state index in [1.807, 2.05) is 37.3 Å². The van der Waals surface area contributed by atoms with Gasteiger partial charge in [-0.1, -0.05) is 41.6 Å². The van der Waals surface area contributed by atoms with Crippen LogP contribution in [0.1, 0.15) is 16.8 Å². The SMILES string of the molecule is Cc1nn(C)c(Cl)c1/C=C/C(=O)NCC#Cc1ccccc1. The second-order valence-corrected chi connectivity index (χ2v) is 4.99. The van der Waals surface area contributed by atoms with Crippen molar-refractivity contribution in [3.8, 4) is 11.8 Å². The van der Waals surface area contributed by atoms with Gasteiger partial charge in [-0.15, -0.1) is 0 Å². The molecule has 5 heteroatoms. The number of aromatic nitrogens is 2. The first kappa shape index (κ1) is 15.9. The highest BCUT2D eigenvalue weighted by Crippen LogP contribution is 2.19. The Hall–Kier alpha value is -2.51. The molecule has 0 aliphatic carbocycles. The molecule has 0 aliphatic rings. The van der Waals surface area contributed by atoms with E-state index in [1.165, 1.54) is 6.08 Å². The van der Waals surface area contributed by atoms with Gasteiger partial charge < -0.3 is 5.32 Å². The smallest absolute Gasteiger partial charge is 0.244 e. The quantitative estimate of drug-likeness (QED) is 0.699. The van der Waals surface area contributed by atoms with Crippen LogP contribution in [0.3, 0.4) is 0 Å². The van der Waals surface area contributed by atoms with Crippen molar-refractivity contribution in [1.29, 1.82) is 0 Å². The Morgan fingerprint density at radius 3 is 2.77 bits per heavy atom. The molecule has 2 rings (SSSR count). The highest BCUT2D eigenvalue weighted by Gasteiger charge is 2.08. The van der Waals surface area contributed by atoms with Crippen molar-refractivity contribution in [2.75, 3.05) is 6.54 Å². The van der Waals surface area contributed by atoms with Crippen LogP contribution in [0.5, 0.6) is 0 Å². The number of carbonyl (C=O) groups excluding carboxylic acids is 1. The molecule has 112 valence electrons. The third-order valence-corrected chi connectivity index (χ3v) is 3.40. The number of halogens is 1. The van der Waals surface area contributed by atoms with E-state index in [2.05, 4.69) is 22.3 Å². The molecule has 0 unspecified atom stereocenters. The van der Waals surface area contributed by atoms with Crippen LogP contribution in [-0.4, -0.2) is 22.2 Å². The van der Waals surface area contributed by atoms with Crippen molar-refractivity contribution >= 4 is 23.6 Å². The molecule has 4 nitrogen and oxygen atoms in total. The maximum atomic E-state index is 11.7. The van der Waals surface area contributed by atoms with E-state index in [-0.39, 0.29) is 12.5 Å². The molecule has 0 bridgehead atoms. The third-order valence-electron chi connectivity index (χ3n) is 2.96. The van der Waals surface area contributed by atoms with Crippen molar-refractivity contribution < 1.29 is 4.79 Å². The van der Waals surface area contributed by atoms with Gasteiger partial charge >= 0.3 is 0 Å². The molecule has 1 aromatic carbocycles. The Balaban J connectivity index is 1.88. The molecule has 1 N–H and O–H groups in total. The standard InChI is InChI=1S/C17H16ClN3O/c1-13-15(17(18)21(2)20-13)10-11-16(22)19-12-6-9-14-7-4-3-5-8-14/h3-5,7-8,10-11H,12H2,1-2H3,(H,19,22)/b11-10+. The largest absolute Gasteiger partial charge is 0.342 e. The van der Waals surface area contributed by atoms with Gasteiger partial charge in [-0.05, 0) is 25.1 Å². The van der Waals surface area contributed by atoms with Crippen LogP contribution >= 0.6 is 11.6 Å². The van der Waals surface area contributed by atoms with Gasteiger partial charge in [0.25, 0.3) is 0 Å². The van der Waals surface area contributed by atoms with Crippen LogP contribution in [-0.2, 0) is 11.8 Å². The summed E-state index contributed by atoms with van der Waals surface area (Å²) in [6.45, 7) is 2.13. The van der Waals surface area contributed by atoms with Gasteiger partial charge in [0.2, 0.25) is 5.91 Å². The average Bonchev–Trinajstić information content (AvgIpc) is 2.76. The fourth-order valence-corrected chi connectivity index (χ4v) is 2.09. The lowest BCUT2D eigenvalue weighted by atomic mass is 10.2. The molecule has 1 amide bonds. The summed E-state index contributed by atoms with van der Waals surface area (Å²) >= 11 is 6.09. The molecule has 0 aliphatic heterocycles. The predicted octanol–water partition coefficient (Wildman–Crippen LogP) is 2.56. The second-order valence-electron chi connectivity index (χ2n) is 4.63. The Labute approximate surface area is 134 Å². The van der Waals surface area contributed by atoms with Crippen molar-refractivity contribution in [2.24, 2.45) is 7.05 Å². The Kier molecular flexibility index (Phi) is 5.40. The van der Waals surface area contributed by atoms with Gasteiger partial charge in [-0.2, -0.15) is 5.10 Å². The topological polar surface area (TPSA) is 46.9 Å². The Morgan fingerprint density at radius 2 is 2.14 bits per heavy atom. The number of hydrogen-bond acceptors (Lipinski definition) is 2. The molecule has 0 fully saturated rings. The highest BCUT2D eigenvalue weighted by molar-refractivity contribution is 6.31. The van der Waals surface area contributed by atoms with Gasteiger partial charge in [-0.3, -0.25) is 9.48 Å². The van der Waals surface area contributed by atoms with E-state index in [4.69, 9.17) is 11.6 Å². The summed E-state index contributed by atoms with van der Waals surface area (Å²) in [4.78, 5) is 11.7. The maximum Gasteiger partial charge on any atom is 0.244 e. The first-order valence-electron chi connectivity index (χ1n) is 6.77. The Bertz CT molecular complexity index is 751. The normalized spacial score (nSPS) is 10.3. The van der Waals surface area contributed by atoms with Crippen LogP contribution in [0, 0.1) is 18.8 Å². The molecule has 0 atom stereocenters. The average molecular weight is 314 g/mol. The van der Waals surface area contributed by atoms with E-state index in [0.717, 1.165) is 16.8 Å². The third kappa shape index (κ3) is 4.24. The minimum Gasteiger partial charge on any atom is -0.342 e. The molecule has 0 radical (unpaired) electrons. The summed E-state index contributed by atoms with van der Waals surface area (Å²) in [5.74, 6) is 5.65. The molecular formula is C17H16ClN3O. The van der Waals surface area contributed by atoms with Crippen LogP contribution in [0.25, 0.3) is 6.08 Å². The fraction of sp³-hybridized carbons (Fsp3) is 0.176. The van der Waals surface area contributed by atoms with Gasteiger partial charge in [0, 0.05) is 24.3 Å². The van der Waals surface area contributed by atoms with Crippen molar-refractivity contribution in [3.05, 3.63) is 58.4 Å². The van der Waals surface area contributed by atoms with E-state index in [0.29, 0.717) is 5.15 Å². The lowest BCUT2D eigenvalue weighted by Crippen LogP contribution is -2.20. The predicted molar refractivity (Wildman–Crippen MR) is 88.3 cm³/mol. The number of amides is 1. The van der Waals surface area contributed by atoms with Crippen molar-refractivity contribution in [3.63, 3.8) is 0 Å². The molecule has 1 aromatic heterocycles. The first-order valence-corrected chi connectivity index (χ1v) is 7.14. The van der Waals surface area contributed by atoms with Crippen LogP contribution < -0.4 is 5.32 Å². The number of rotatable bonds is 3. The van der Waals surface area contributed by atoms with Gasteiger partial charge in [0.15, 0.2) is 0 Å². The summed E-state index contributed by atoms with van der Waals surface area (Å²) in [7, 11) is 1.76. The monoisotopic (exact) mass is 313 g/mol. The summed E-state index contributed by atoms with van der Waals surface area (Å²) in [5, 5.41) is 7.38. The van der Waals surface area contributed by atoms with Gasteiger partial charge in [-0.25, -0.2) is 0 Å². The Morgan fingerprint density at radius 1 is 1.41 bits per heavy atom. The fourth-order valence-electron chi connectivity index (χ4n) is 1.85. The minimum absolute atomic E-state index is 0.221. The van der Waals surface area contributed by atoms with Gasteiger partial charge in [0.05, 0.1) is 12.2 Å². The van der Waals surface area contributed by atoms with E-state index in [9.17, 15) is 4.79 Å². The maximum absolute atomic E-state index is 11.7. The van der Waals surface area contributed by atoms with E-state index < -0.39 is 0 Å². The number of aryl methyl sites for hydroxylation is 2. The van der Waals surface area contributed by atoms with E-state index >= 15 is 0 Å². The lowest BCUT2D eigenvalue weighted by molar-refractivity contribution is -0.116. The molecule has 0 saturated carbocycles. The highest BCUT2D eigenvalue weighted by atomic mass is 35.5. The summed E-state index contributed by atoms with van der Waals surface area (Å²) in [6.07, 6.45) is 3.09. The van der Waals surface area contributed by atoms with Crippen LogP contribution in [0.2, 0.25) is 5.15 Å². The molecular weight excluding hydrogens is 298 g/mol. The van der Waals surface area contributed by atoms with Crippen molar-refractivity contribution in [2.45, 2.75) is 6.92 Å². The van der Waals surface area contributed by atoms with Crippen molar-refractivity contribution in [1.82, 2.24) is 15.1 Å². The number of hydrogen-bond donors (Lipinski definition) is 1. The minimum atomic E-state index is -0.221. The molecule has 22 heavy (non-hydrogen) atoms. The second kappa shape index (κ2) is 7.48. The zero-order valence-electron chi connectivity index (χ0n) is 12.4. The number of nitrogens with one attached hydrogen (secondary N) is 1. The summed E-state index contributed by atoms with van der Waals surface area (Å²) < 4.78 is 1.57.